The third-order valence-electron chi connectivity index (χ3n) is 2.77. The van der Waals surface area contributed by atoms with E-state index in [1.165, 1.54) is 0 Å². The van der Waals surface area contributed by atoms with Crippen molar-refractivity contribution in [2.75, 3.05) is 0 Å². The van der Waals surface area contributed by atoms with Gasteiger partial charge in [-0.3, -0.25) is 5.10 Å². The zero-order valence-electron chi connectivity index (χ0n) is 8.78. The first-order chi connectivity index (χ1) is 7.81. The van der Waals surface area contributed by atoms with Crippen LogP contribution in [0.25, 0.3) is 21.9 Å². The molecule has 80 valence electrons. The summed E-state index contributed by atoms with van der Waals surface area (Å²) in [7, 11) is 0. The second-order valence-electron chi connectivity index (χ2n) is 3.67. The second-order valence-corrected chi connectivity index (χ2v) is 3.67. The fourth-order valence-corrected chi connectivity index (χ4v) is 1.99. The Balaban J connectivity index is 2.64. The average molecular weight is 214 g/mol. The second kappa shape index (κ2) is 3.20. The number of aromatic nitrogens is 2. The molecule has 2 aromatic heterocycles. The van der Waals surface area contributed by atoms with Crippen LogP contribution in [0.15, 0.2) is 33.5 Å². The standard InChI is InChI=1S/C12H10N2O2/c1-2-9-10-7-5-3-4-6-8(7)12(15)16-11(10)14-13-9/h3-6H,2H2,1H3,(H,13,14). The first kappa shape index (κ1) is 9.15. The summed E-state index contributed by atoms with van der Waals surface area (Å²) in [5.41, 5.74) is 1.05. The van der Waals surface area contributed by atoms with Gasteiger partial charge in [-0.1, -0.05) is 25.1 Å². The van der Waals surface area contributed by atoms with Crippen LogP contribution < -0.4 is 5.63 Å². The lowest BCUT2D eigenvalue weighted by Crippen LogP contribution is -1.99. The summed E-state index contributed by atoms with van der Waals surface area (Å²) in [5.74, 6) is 0. The van der Waals surface area contributed by atoms with E-state index in [9.17, 15) is 4.79 Å². The Bertz CT molecular complexity index is 725. The smallest absolute Gasteiger partial charge is 0.345 e. The highest BCUT2D eigenvalue weighted by molar-refractivity contribution is 6.04. The number of fused-ring (bicyclic) bond motifs is 3. The van der Waals surface area contributed by atoms with Gasteiger partial charge in [0.15, 0.2) is 0 Å². The lowest BCUT2D eigenvalue weighted by Gasteiger charge is -1.98. The number of hydrogen-bond donors (Lipinski definition) is 1. The summed E-state index contributed by atoms with van der Waals surface area (Å²) in [6, 6.07) is 7.43. The molecule has 0 aliphatic rings. The molecule has 16 heavy (non-hydrogen) atoms. The van der Waals surface area contributed by atoms with Gasteiger partial charge in [0, 0.05) is 11.1 Å². The van der Waals surface area contributed by atoms with Gasteiger partial charge < -0.3 is 4.42 Å². The van der Waals surface area contributed by atoms with Crippen LogP contribution in [0.3, 0.4) is 0 Å². The van der Waals surface area contributed by atoms with Crippen molar-refractivity contribution in [1.82, 2.24) is 10.2 Å². The van der Waals surface area contributed by atoms with Crippen molar-refractivity contribution in [3.63, 3.8) is 0 Å². The number of aryl methyl sites for hydroxylation is 1. The quantitative estimate of drug-likeness (QED) is 0.675. The van der Waals surface area contributed by atoms with Crippen molar-refractivity contribution in [2.24, 2.45) is 0 Å². The molecule has 0 radical (unpaired) electrons. The van der Waals surface area contributed by atoms with E-state index in [0.717, 1.165) is 22.9 Å². The van der Waals surface area contributed by atoms with Crippen LogP contribution in [0.4, 0.5) is 0 Å². The molecule has 0 fully saturated rings. The molecule has 0 saturated heterocycles. The molecule has 0 saturated carbocycles. The fraction of sp³-hybridized carbons (Fsp3) is 0.167. The number of rotatable bonds is 1. The first-order valence-corrected chi connectivity index (χ1v) is 5.20. The Morgan fingerprint density at radius 2 is 2.06 bits per heavy atom. The maximum absolute atomic E-state index is 11.7. The van der Waals surface area contributed by atoms with Crippen molar-refractivity contribution >= 4 is 21.9 Å². The van der Waals surface area contributed by atoms with Crippen LogP contribution in [0.2, 0.25) is 0 Å². The lowest BCUT2D eigenvalue weighted by molar-refractivity contribution is 0.556. The Labute approximate surface area is 90.9 Å². The van der Waals surface area contributed by atoms with Crippen LogP contribution in [-0.2, 0) is 6.42 Å². The predicted octanol–water partition coefficient (Wildman–Crippen LogP) is 2.23. The maximum Gasteiger partial charge on any atom is 0.345 e. The molecule has 0 spiro atoms. The molecule has 2 heterocycles. The van der Waals surface area contributed by atoms with Gasteiger partial charge in [-0.2, -0.15) is 0 Å². The largest absolute Gasteiger partial charge is 0.402 e. The molecule has 3 aromatic rings. The average Bonchev–Trinajstić information content (AvgIpc) is 2.72. The van der Waals surface area contributed by atoms with Crippen LogP contribution >= 0.6 is 0 Å². The lowest BCUT2D eigenvalue weighted by atomic mass is 10.1. The summed E-state index contributed by atoms with van der Waals surface area (Å²) in [4.78, 5) is 11.7. The van der Waals surface area contributed by atoms with Crippen molar-refractivity contribution in [2.45, 2.75) is 13.3 Å². The maximum atomic E-state index is 11.7. The highest BCUT2D eigenvalue weighted by atomic mass is 16.4. The van der Waals surface area contributed by atoms with Crippen LogP contribution in [0.1, 0.15) is 12.6 Å². The van der Waals surface area contributed by atoms with E-state index < -0.39 is 0 Å². The van der Waals surface area contributed by atoms with Crippen molar-refractivity contribution in [3.05, 3.63) is 40.4 Å². The minimum atomic E-state index is -0.336. The molecule has 0 bridgehead atoms. The molecule has 0 atom stereocenters. The third kappa shape index (κ3) is 1.10. The van der Waals surface area contributed by atoms with Crippen LogP contribution in [0.5, 0.6) is 0 Å². The third-order valence-corrected chi connectivity index (χ3v) is 2.77. The van der Waals surface area contributed by atoms with E-state index in [0.29, 0.717) is 11.1 Å². The number of H-pyrrole nitrogens is 1. The first-order valence-electron chi connectivity index (χ1n) is 5.20. The minimum absolute atomic E-state index is 0.336. The molecular weight excluding hydrogens is 204 g/mol. The van der Waals surface area contributed by atoms with E-state index in [4.69, 9.17) is 4.42 Å². The van der Waals surface area contributed by atoms with E-state index in [-0.39, 0.29) is 5.63 Å². The molecule has 4 heteroatoms. The van der Waals surface area contributed by atoms with E-state index in [1.54, 1.807) is 6.07 Å². The van der Waals surface area contributed by atoms with Gasteiger partial charge in [-0.25, -0.2) is 4.79 Å². The molecule has 1 aromatic carbocycles. The van der Waals surface area contributed by atoms with Gasteiger partial charge in [0.1, 0.15) is 0 Å². The Kier molecular flexibility index (Phi) is 1.83. The van der Waals surface area contributed by atoms with Crippen LogP contribution in [-0.4, -0.2) is 10.2 Å². The summed E-state index contributed by atoms with van der Waals surface area (Å²) < 4.78 is 5.16. The minimum Gasteiger partial charge on any atom is -0.402 e. The normalized spacial score (nSPS) is 11.3. The summed E-state index contributed by atoms with van der Waals surface area (Å²) in [5, 5.41) is 9.33. The molecule has 0 aliphatic heterocycles. The highest BCUT2D eigenvalue weighted by Crippen LogP contribution is 2.24. The fourth-order valence-electron chi connectivity index (χ4n) is 1.99. The summed E-state index contributed by atoms with van der Waals surface area (Å²) in [6.45, 7) is 2.03. The predicted molar refractivity (Wildman–Crippen MR) is 61.5 cm³/mol. The number of hydrogen-bond acceptors (Lipinski definition) is 3. The zero-order chi connectivity index (χ0) is 11.1. The van der Waals surface area contributed by atoms with Gasteiger partial charge in [-0.05, 0) is 12.5 Å². The highest BCUT2D eigenvalue weighted by Gasteiger charge is 2.12. The molecule has 0 amide bonds. The SMILES string of the molecule is CCc1[nH]nc2oc(=O)c3ccccc3c12. The molecular formula is C12H10N2O2. The van der Waals surface area contributed by atoms with Crippen molar-refractivity contribution in [3.8, 4) is 0 Å². The van der Waals surface area contributed by atoms with Gasteiger partial charge in [0.25, 0.3) is 0 Å². The Morgan fingerprint density at radius 1 is 1.31 bits per heavy atom. The number of nitrogens with zero attached hydrogens (tertiary/aromatic N) is 1. The zero-order valence-corrected chi connectivity index (χ0v) is 8.78. The molecule has 0 unspecified atom stereocenters. The Morgan fingerprint density at radius 3 is 2.81 bits per heavy atom. The monoisotopic (exact) mass is 214 g/mol. The van der Waals surface area contributed by atoms with Gasteiger partial charge in [-0.15, -0.1) is 5.10 Å². The molecule has 3 rings (SSSR count). The number of nitrogens with one attached hydrogen (secondary N) is 1. The topological polar surface area (TPSA) is 58.9 Å². The van der Waals surface area contributed by atoms with E-state index in [2.05, 4.69) is 10.2 Å². The molecule has 0 aliphatic carbocycles. The Hall–Kier alpha value is -2.10. The molecule has 4 nitrogen and oxygen atoms in total. The van der Waals surface area contributed by atoms with E-state index in [1.807, 2.05) is 25.1 Å². The summed E-state index contributed by atoms with van der Waals surface area (Å²) >= 11 is 0. The van der Waals surface area contributed by atoms with Crippen molar-refractivity contribution in [1.29, 1.82) is 0 Å². The van der Waals surface area contributed by atoms with Gasteiger partial charge in [0.2, 0.25) is 5.71 Å². The molecule has 1 N–H and O–H groups in total. The number of aromatic amines is 1. The van der Waals surface area contributed by atoms with Gasteiger partial charge in [0.05, 0.1) is 10.8 Å². The number of benzene rings is 1. The van der Waals surface area contributed by atoms with Crippen LogP contribution in [0, 0.1) is 0 Å². The van der Waals surface area contributed by atoms with Crippen molar-refractivity contribution < 1.29 is 4.42 Å². The summed E-state index contributed by atoms with van der Waals surface area (Å²) in [6.07, 6.45) is 0.828. The van der Waals surface area contributed by atoms with E-state index >= 15 is 0 Å². The van der Waals surface area contributed by atoms with Gasteiger partial charge >= 0.3 is 5.63 Å².